The van der Waals surface area contributed by atoms with Crippen LogP contribution in [0, 0.1) is 6.92 Å². The van der Waals surface area contributed by atoms with Crippen LogP contribution in [0.4, 0.5) is 0 Å². The predicted octanol–water partition coefficient (Wildman–Crippen LogP) is 5.58. The smallest absolute Gasteiger partial charge is 0.296 e. The van der Waals surface area contributed by atoms with Gasteiger partial charge in [0, 0.05) is 37.9 Å². The van der Waals surface area contributed by atoms with Crippen LogP contribution in [-0.2, 0) is 34.4 Å². The lowest BCUT2D eigenvalue weighted by Gasteiger charge is -2.42. The first-order valence-corrected chi connectivity index (χ1v) is 13.3. The molecule has 2 heterocycles. The van der Waals surface area contributed by atoms with Crippen molar-refractivity contribution in [3.8, 4) is 0 Å². The molecular formula is C29H30N2O3S. The zero-order chi connectivity index (χ0) is 24.4. The summed E-state index contributed by atoms with van der Waals surface area (Å²) < 4.78 is 34.1. The Hall–Kier alpha value is -3.19. The van der Waals surface area contributed by atoms with Gasteiger partial charge in [-0.3, -0.25) is 9.08 Å². The zero-order valence-corrected chi connectivity index (χ0v) is 20.9. The van der Waals surface area contributed by atoms with E-state index in [2.05, 4.69) is 51.9 Å². The second kappa shape index (κ2) is 9.82. The number of aryl methyl sites for hydroxylation is 2. The zero-order valence-electron chi connectivity index (χ0n) is 20.0. The van der Waals surface area contributed by atoms with E-state index < -0.39 is 10.1 Å². The monoisotopic (exact) mass is 486 g/mol. The van der Waals surface area contributed by atoms with Crippen molar-refractivity contribution in [1.29, 1.82) is 0 Å². The third kappa shape index (κ3) is 4.96. The van der Waals surface area contributed by atoms with Gasteiger partial charge in [0.1, 0.15) is 0 Å². The van der Waals surface area contributed by atoms with Gasteiger partial charge >= 0.3 is 0 Å². The van der Waals surface area contributed by atoms with Crippen LogP contribution in [-0.4, -0.2) is 24.5 Å². The van der Waals surface area contributed by atoms with Crippen molar-refractivity contribution < 1.29 is 12.6 Å². The van der Waals surface area contributed by atoms with Crippen molar-refractivity contribution in [3.05, 3.63) is 125 Å². The predicted molar refractivity (Wildman–Crippen MR) is 137 cm³/mol. The average Bonchev–Trinajstić information content (AvgIpc) is 3.28. The maximum atomic E-state index is 13.1. The fraction of sp³-hybridized carbons (Fsp3) is 0.241. The Morgan fingerprint density at radius 1 is 0.886 bits per heavy atom. The Balaban J connectivity index is 1.53. The van der Waals surface area contributed by atoms with E-state index in [0.29, 0.717) is 0 Å². The van der Waals surface area contributed by atoms with Gasteiger partial charge in [0.25, 0.3) is 10.1 Å². The quantitative estimate of drug-likeness (QED) is 0.320. The minimum absolute atomic E-state index is 0.0432. The van der Waals surface area contributed by atoms with E-state index in [1.54, 1.807) is 24.3 Å². The number of hydrogen-bond acceptors (Lipinski definition) is 4. The van der Waals surface area contributed by atoms with Crippen molar-refractivity contribution in [3.63, 3.8) is 0 Å². The Morgan fingerprint density at radius 2 is 1.60 bits per heavy atom. The van der Waals surface area contributed by atoms with Gasteiger partial charge in [0.2, 0.25) is 0 Å². The highest BCUT2D eigenvalue weighted by Crippen LogP contribution is 2.44. The molecule has 4 aromatic rings. The van der Waals surface area contributed by atoms with Gasteiger partial charge in [-0.05, 0) is 47.9 Å². The summed E-state index contributed by atoms with van der Waals surface area (Å²) in [6.07, 6.45) is 2.04. The first-order valence-electron chi connectivity index (χ1n) is 11.9. The molecule has 0 radical (unpaired) electrons. The molecular weight excluding hydrogens is 456 g/mol. The molecule has 3 aromatic carbocycles. The minimum Gasteiger partial charge on any atom is -0.353 e. The fourth-order valence-electron chi connectivity index (χ4n) is 5.05. The molecule has 5 rings (SSSR count). The molecule has 1 aliphatic heterocycles. The maximum absolute atomic E-state index is 13.1. The summed E-state index contributed by atoms with van der Waals surface area (Å²) in [5.74, 6) is -0.155. The van der Waals surface area contributed by atoms with Gasteiger partial charge in [-0.15, -0.1) is 0 Å². The number of fused-ring (bicyclic) bond motifs is 1. The van der Waals surface area contributed by atoms with E-state index >= 15 is 0 Å². The van der Waals surface area contributed by atoms with Crippen molar-refractivity contribution >= 4 is 10.1 Å². The van der Waals surface area contributed by atoms with E-state index in [4.69, 9.17) is 4.18 Å². The van der Waals surface area contributed by atoms with Crippen LogP contribution < -0.4 is 0 Å². The Bertz CT molecular complexity index is 1400. The largest absolute Gasteiger partial charge is 0.353 e. The van der Waals surface area contributed by atoms with E-state index in [1.165, 1.54) is 11.1 Å². The number of benzene rings is 3. The lowest BCUT2D eigenvalue weighted by Crippen LogP contribution is -2.39. The molecule has 5 nitrogen and oxygen atoms in total. The lowest BCUT2D eigenvalue weighted by atomic mass is 9.82. The van der Waals surface area contributed by atoms with E-state index in [1.807, 2.05) is 44.4 Å². The molecule has 0 spiro atoms. The van der Waals surface area contributed by atoms with Crippen molar-refractivity contribution in [1.82, 2.24) is 9.47 Å². The van der Waals surface area contributed by atoms with Gasteiger partial charge in [0.15, 0.2) is 0 Å². The molecule has 0 fully saturated rings. The standard InChI is InChI=1S/C29H30N2O3S/c1-22-14-16-25(17-15-22)35(32,33)34-21-27-26-12-7-6-11-24(26)20-31(19-23-9-4-3-5-10-23)29(27)28-13-8-18-30(28)2/h3-18,27,29H,19-21H2,1-2H3. The number of rotatable bonds is 7. The molecule has 1 aliphatic rings. The summed E-state index contributed by atoms with van der Waals surface area (Å²) in [6.45, 7) is 3.53. The fourth-order valence-corrected chi connectivity index (χ4v) is 5.98. The average molecular weight is 487 g/mol. The van der Waals surface area contributed by atoms with Gasteiger partial charge in [0.05, 0.1) is 17.5 Å². The summed E-state index contributed by atoms with van der Waals surface area (Å²) in [5, 5.41) is 0. The second-order valence-corrected chi connectivity index (χ2v) is 10.9. The Morgan fingerprint density at radius 3 is 2.31 bits per heavy atom. The molecule has 2 atom stereocenters. The molecule has 35 heavy (non-hydrogen) atoms. The molecule has 0 aliphatic carbocycles. The first kappa shape index (κ1) is 23.5. The Kier molecular flexibility index (Phi) is 6.60. The number of nitrogens with zero attached hydrogens (tertiary/aromatic N) is 2. The molecule has 0 saturated heterocycles. The van der Waals surface area contributed by atoms with Crippen molar-refractivity contribution in [2.75, 3.05) is 6.61 Å². The van der Waals surface area contributed by atoms with Crippen LogP contribution in [0.5, 0.6) is 0 Å². The van der Waals surface area contributed by atoms with Crippen molar-refractivity contribution in [2.24, 2.45) is 7.05 Å². The normalized spacial score (nSPS) is 18.3. The van der Waals surface area contributed by atoms with Crippen LogP contribution in [0.2, 0.25) is 0 Å². The Labute approximate surface area is 207 Å². The molecule has 6 heteroatoms. The van der Waals surface area contributed by atoms with Crippen LogP contribution in [0.25, 0.3) is 0 Å². The van der Waals surface area contributed by atoms with Crippen molar-refractivity contribution in [2.45, 2.75) is 36.9 Å². The van der Waals surface area contributed by atoms with Crippen LogP contribution >= 0.6 is 0 Å². The highest BCUT2D eigenvalue weighted by atomic mass is 32.2. The highest BCUT2D eigenvalue weighted by molar-refractivity contribution is 7.86. The third-order valence-corrected chi connectivity index (χ3v) is 8.13. The van der Waals surface area contributed by atoms with Gasteiger partial charge in [-0.2, -0.15) is 8.42 Å². The molecule has 0 saturated carbocycles. The summed E-state index contributed by atoms with van der Waals surface area (Å²) in [6, 6.07) is 29.6. The molecule has 0 N–H and O–H groups in total. The second-order valence-electron chi connectivity index (χ2n) is 9.24. The van der Waals surface area contributed by atoms with Crippen LogP contribution in [0.3, 0.4) is 0 Å². The molecule has 2 unspecified atom stereocenters. The lowest BCUT2D eigenvalue weighted by molar-refractivity contribution is 0.106. The summed E-state index contributed by atoms with van der Waals surface area (Å²) in [7, 11) is -1.84. The molecule has 0 amide bonds. The van der Waals surface area contributed by atoms with E-state index in [9.17, 15) is 8.42 Å². The first-order chi connectivity index (χ1) is 16.9. The molecule has 1 aromatic heterocycles. The van der Waals surface area contributed by atoms with E-state index in [0.717, 1.165) is 29.9 Å². The molecule has 0 bridgehead atoms. The SMILES string of the molecule is Cc1ccc(S(=O)(=O)OCC2c3ccccc3CN(Cc3ccccc3)C2c2cccn2C)cc1. The number of hydrogen-bond donors (Lipinski definition) is 0. The van der Waals surface area contributed by atoms with Gasteiger partial charge < -0.3 is 4.57 Å². The minimum atomic E-state index is -3.88. The molecule has 180 valence electrons. The summed E-state index contributed by atoms with van der Waals surface area (Å²) >= 11 is 0. The topological polar surface area (TPSA) is 51.5 Å². The van der Waals surface area contributed by atoms with Crippen LogP contribution in [0.15, 0.2) is 102 Å². The highest BCUT2D eigenvalue weighted by Gasteiger charge is 2.38. The van der Waals surface area contributed by atoms with E-state index in [-0.39, 0.29) is 23.5 Å². The summed E-state index contributed by atoms with van der Waals surface area (Å²) in [4.78, 5) is 2.61. The van der Waals surface area contributed by atoms with Gasteiger partial charge in [-0.25, -0.2) is 0 Å². The van der Waals surface area contributed by atoms with Gasteiger partial charge in [-0.1, -0.05) is 72.3 Å². The summed E-state index contributed by atoms with van der Waals surface area (Å²) in [5.41, 5.74) is 5.71. The maximum Gasteiger partial charge on any atom is 0.296 e. The van der Waals surface area contributed by atoms with Crippen LogP contribution in [0.1, 0.15) is 39.9 Å². The number of aromatic nitrogens is 1. The third-order valence-electron chi connectivity index (χ3n) is 6.83.